The van der Waals surface area contributed by atoms with Gasteiger partial charge in [0.15, 0.2) is 0 Å². The van der Waals surface area contributed by atoms with Gasteiger partial charge in [0.2, 0.25) is 0 Å². The second kappa shape index (κ2) is 6.56. The van der Waals surface area contributed by atoms with E-state index in [-0.39, 0.29) is 0 Å². The molecule has 0 spiro atoms. The first-order valence-corrected chi connectivity index (χ1v) is 7.66. The summed E-state index contributed by atoms with van der Waals surface area (Å²) in [4.78, 5) is 0. The van der Waals surface area contributed by atoms with Gasteiger partial charge in [0, 0.05) is 0 Å². The first-order valence-electron chi connectivity index (χ1n) is 7.66. The largest absolute Gasteiger partial charge is 0.0847 e. The van der Waals surface area contributed by atoms with Crippen molar-refractivity contribution in [3.05, 3.63) is 83.4 Å². The minimum atomic E-state index is 0.830. The third kappa shape index (κ3) is 3.60. The van der Waals surface area contributed by atoms with Crippen molar-refractivity contribution in [2.75, 3.05) is 0 Å². The van der Waals surface area contributed by atoms with Crippen molar-refractivity contribution in [2.45, 2.75) is 32.1 Å². The highest BCUT2D eigenvalue weighted by atomic mass is 14.2. The molecule has 0 radical (unpaired) electrons. The van der Waals surface area contributed by atoms with Crippen LogP contribution in [0.1, 0.15) is 30.4 Å². The Labute approximate surface area is 122 Å². The smallest absolute Gasteiger partial charge is 0.00671 e. The van der Waals surface area contributed by atoms with E-state index in [2.05, 4.69) is 66.7 Å². The van der Waals surface area contributed by atoms with Crippen LogP contribution in [-0.2, 0) is 12.8 Å². The van der Waals surface area contributed by atoms with Crippen LogP contribution in [0.5, 0.6) is 0 Å². The maximum absolute atomic E-state index is 2.49. The molecular weight excluding hydrogens is 240 g/mol. The van der Waals surface area contributed by atoms with Crippen LogP contribution in [0, 0.1) is 5.92 Å². The molecule has 0 aromatic heterocycles. The van der Waals surface area contributed by atoms with Crippen molar-refractivity contribution in [3.63, 3.8) is 0 Å². The van der Waals surface area contributed by atoms with Gasteiger partial charge in [-0.25, -0.2) is 0 Å². The van der Waals surface area contributed by atoms with Crippen LogP contribution in [0.25, 0.3) is 0 Å². The van der Waals surface area contributed by atoms with Crippen LogP contribution >= 0.6 is 0 Å². The summed E-state index contributed by atoms with van der Waals surface area (Å²) in [7, 11) is 0. The Morgan fingerprint density at radius 3 is 2.05 bits per heavy atom. The van der Waals surface area contributed by atoms with Crippen LogP contribution in [0.3, 0.4) is 0 Å². The summed E-state index contributed by atoms with van der Waals surface area (Å²) < 4.78 is 0. The number of allylic oxidation sites excluding steroid dienone is 2. The molecule has 20 heavy (non-hydrogen) atoms. The molecule has 0 saturated carbocycles. The van der Waals surface area contributed by atoms with E-state index in [1.807, 2.05) is 0 Å². The van der Waals surface area contributed by atoms with E-state index in [1.165, 1.54) is 36.8 Å². The summed E-state index contributed by atoms with van der Waals surface area (Å²) in [5.41, 5.74) is 4.55. The maximum atomic E-state index is 2.49. The Bertz CT molecular complexity index is 551. The molecule has 0 heteroatoms. The Morgan fingerprint density at radius 2 is 1.45 bits per heavy atom. The van der Waals surface area contributed by atoms with Gasteiger partial charge in [0.1, 0.15) is 0 Å². The molecule has 1 atom stereocenters. The lowest BCUT2D eigenvalue weighted by molar-refractivity contribution is 0.464. The topological polar surface area (TPSA) is 0 Å². The van der Waals surface area contributed by atoms with Gasteiger partial charge in [-0.15, -0.1) is 0 Å². The average Bonchev–Trinajstić information content (AvgIpc) is 2.51. The van der Waals surface area contributed by atoms with Crippen LogP contribution in [0.2, 0.25) is 0 Å². The molecule has 3 rings (SSSR count). The SMILES string of the molecule is C1=C(Cc2ccccc2)CCC(Cc2ccccc2)C1. The quantitative estimate of drug-likeness (QED) is 0.664. The molecule has 0 heterocycles. The zero-order valence-electron chi connectivity index (χ0n) is 12.0. The highest BCUT2D eigenvalue weighted by Crippen LogP contribution is 2.28. The lowest BCUT2D eigenvalue weighted by Gasteiger charge is -2.22. The fourth-order valence-corrected chi connectivity index (χ4v) is 3.09. The van der Waals surface area contributed by atoms with Gasteiger partial charge in [0.25, 0.3) is 0 Å². The third-order valence-electron chi connectivity index (χ3n) is 4.25. The molecule has 0 nitrogen and oxygen atoms in total. The lowest BCUT2D eigenvalue weighted by Crippen LogP contribution is -2.09. The van der Waals surface area contributed by atoms with Crippen molar-refractivity contribution in [2.24, 2.45) is 5.92 Å². The highest BCUT2D eigenvalue weighted by Gasteiger charge is 2.15. The van der Waals surface area contributed by atoms with Crippen molar-refractivity contribution in [3.8, 4) is 0 Å². The molecule has 2 aromatic rings. The Hall–Kier alpha value is -1.82. The minimum Gasteiger partial charge on any atom is -0.0847 e. The molecule has 0 fully saturated rings. The fourth-order valence-electron chi connectivity index (χ4n) is 3.09. The van der Waals surface area contributed by atoms with Gasteiger partial charge in [-0.3, -0.25) is 0 Å². The van der Waals surface area contributed by atoms with Crippen molar-refractivity contribution >= 4 is 0 Å². The van der Waals surface area contributed by atoms with E-state index in [4.69, 9.17) is 0 Å². The van der Waals surface area contributed by atoms with Gasteiger partial charge in [-0.2, -0.15) is 0 Å². The van der Waals surface area contributed by atoms with E-state index < -0.39 is 0 Å². The summed E-state index contributed by atoms with van der Waals surface area (Å²) in [6, 6.07) is 21.7. The number of hydrogen-bond acceptors (Lipinski definition) is 0. The van der Waals surface area contributed by atoms with E-state index in [0.29, 0.717) is 0 Å². The van der Waals surface area contributed by atoms with E-state index in [1.54, 1.807) is 5.57 Å². The molecule has 2 aromatic carbocycles. The Kier molecular flexibility index (Phi) is 4.32. The number of rotatable bonds is 4. The van der Waals surface area contributed by atoms with Crippen LogP contribution in [-0.4, -0.2) is 0 Å². The molecule has 0 N–H and O–H groups in total. The summed E-state index contributed by atoms with van der Waals surface area (Å²) in [5.74, 6) is 0.830. The molecule has 1 aliphatic carbocycles. The van der Waals surface area contributed by atoms with Gasteiger partial charge < -0.3 is 0 Å². The van der Waals surface area contributed by atoms with Gasteiger partial charge in [-0.1, -0.05) is 72.3 Å². The van der Waals surface area contributed by atoms with Gasteiger partial charge in [-0.05, 0) is 49.1 Å². The predicted octanol–water partition coefficient (Wildman–Crippen LogP) is 5.20. The molecule has 0 aliphatic heterocycles. The summed E-state index contributed by atoms with van der Waals surface area (Å²) in [6.45, 7) is 0. The summed E-state index contributed by atoms with van der Waals surface area (Å²) in [6.07, 6.45) is 8.72. The minimum absolute atomic E-state index is 0.830. The summed E-state index contributed by atoms with van der Waals surface area (Å²) in [5, 5.41) is 0. The molecule has 102 valence electrons. The Balaban J connectivity index is 1.55. The van der Waals surface area contributed by atoms with Crippen LogP contribution < -0.4 is 0 Å². The van der Waals surface area contributed by atoms with Crippen LogP contribution in [0.4, 0.5) is 0 Å². The maximum Gasteiger partial charge on any atom is -0.00671 e. The normalized spacial score (nSPS) is 18.6. The van der Waals surface area contributed by atoms with Crippen molar-refractivity contribution in [1.29, 1.82) is 0 Å². The molecular formula is C20H22. The highest BCUT2D eigenvalue weighted by molar-refractivity contribution is 5.23. The number of hydrogen-bond donors (Lipinski definition) is 0. The molecule has 1 aliphatic rings. The predicted molar refractivity (Wildman–Crippen MR) is 85.7 cm³/mol. The van der Waals surface area contributed by atoms with Crippen LogP contribution in [0.15, 0.2) is 72.3 Å². The monoisotopic (exact) mass is 262 g/mol. The zero-order valence-corrected chi connectivity index (χ0v) is 12.0. The second-order valence-corrected chi connectivity index (χ2v) is 5.85. The second-order valence-electron chi connectivity index (χ2n) is 5.85. The first-order chi connectivity index (χ1) is 9.90. The lowest BCUT2D eigenvalue weighted by atomic mass is 9.83. The standard InChI is InChI=1S/C20H22/c1-3-7-17(8-4-1)15-19-11-13-20(14-12-19)16-18-9-5-2-6-10-18/h1-11,20H,12-16H2. The third-order valence-corrected chi connectivity index (χ3v) is 4.25. The van der Waals surface area contributed by atoms with Crippen molar-refractivity contribution in [1.82, 2.24) is 0 Å². The zero-order chi connectivity index (χ0) is 13.6. The van der Waals surface area contributed by atoms with E-state index in [0.717, 1.165) is 12.3 Å². The van der Waals surface area contributed by atoms with E-state index in [9.17, 15) is 0 Å². The van der Waals surface area contributed by atoms with E-state index >= 15 is 0 Å². The molecule has 0 bridgehead atoms. The number of benzene rings is 2. The average molecular weight is 262 g/mol. The molecule has 1 unspecified atom stereocenters. The summed E-state index contributed by atoms with van der Waals surface area (Å²) >= 11 is 0. The molecule has 0 amide bonds. The van der Waals surface area contributed by atoms with Gasteiger partial charge in [0.05, 0.1) is 0 Å². The van der Waals surface area contributed by atoms with Crippen molar-refractivity contribution < 1.29 is 0 Å². The van der Waals surface area contributed by atoms with Gasteiger partial charge >= 0.3 is 0 Å². The Morgan fingerprint density at radius 1 is 0.800 bits per heavy atom. The fraction of sp³-hybridized carbons (Fsp3) is 0.300. The molecule has 0 saturated heterocycles. The first kappa shape index (κ1) is 13.2.